The number of aromatic nitrogens is 3. The lowest BCUT2D eigenvalue weighted by Gasteiger charge is -2.17. The monoisotopic (exact) mass is 587 g/mol. The van der Waals surface area contributed by atoms with Crippen LogP contribution in [0.2, 0.25) is 0 Å². The summed E-state index contributed by atoms with van der Waals surface area (Å²) in [7, 11) is 0. The lowest BCUT2D eigenvalue weighted by molar-refractivity contribution is -0.116. The van der Waals surface area contributed by atoms with Crippen LogP contribution in [0.15, 0.2) is 108 Å². The van der Waals surface area contributed by atoms with Gasteiger partial charge in [-0.25, -0.2) is 0 Å². The molecular weight excluding hydrogens is 558 g/mol. The van der Waals surface area contributed by atoms with Crippen LogP contribution < -0.4 is 10.2 Å². The molecule has 8 nitrogen and oxygen atoms in total. The number of fused-ring (bicyclic) bond motifs is 1. The minimum absolute atomic E-state index is 0.00304. The number of thioether (sulfide) groups is 1. The normalized spacial score (nSPS) is 12.2. The molecule has 0 saturated carbocycles. The van der Waals surface area contributed by atoms with Crippen molar-refractivity contribution < 1.29 is 14.4 Å². The molecule has 6 rings (SSSR count). The standard InChI is InChI=1S/C34H29N5O3S/c1-23-10-9-14-26(20-23)39-30(36-37-34(39)43-22-31(40)38-19-18-24-11-5-8-17-29(24)38)21-35-33(42)28-16-7-6-15-27(28)32(41)25-12-3-2-4-13-25/h2-17,20H,18-19,21-22H2,1H3,(H,35,42). The molecule has 0 saturated heterocycles. The van der Waals surface area contributed by atoms with Crippen molar-refractivity contribution >= 4 is 35.0 Å². The van der Waals surface area contributed by atoms with Gasteiger partial charge in [0.15, 0.2) is 16.8 Å². The molecule has 0 fully saturated rings. The number of amides is 2. The predicted octanol–water partition coefficient (Wildman–Crippen LogP) is 5.42. The second kappa shape index (κ2) is 12.5. The zero-order valence-electron chi connectivity index (χ0n) is 23.6. The largest absolute Gasteiger partial charge is 0.345 e. The molecule has 214 valence electrons. The van der Waals surface area contributed by atoms with Crippen molar-refractivity contribution in [1.29, 1.82) is 0 Å². The van der Waals surface area contributed by atoms with Crippen molar-refractivity contribution in [2.45, 2.75) is 25.0 Å². The first-order chi connectivity index (χ1) is 21.0. The first-order valence-electron chi connectivity index (χ1n) is 14.0. The second-order valence-corrected chi connectivity index (χ2v) is 11.2. The quantitative estimate of drug-likeness (QED) is 0.183. The van der Waals surface area contributed by atoms with Gasteiger partial charge in [-0.2, -0.15) is 0 Å². The predicted molar refractivity (Wildman–Crippen MR) is 167 cm³/mol. The zero-order chi connectivity index (χ0) is 29.8. The van der Waals surface area contributed by atoms with E-state index in [1.54, 1.807) is 48.5 Å². The van der Waals surface area contributed by atoms with Gasteiger partial charge in [-0.3, -0.25) is 19.0 Å². The molecule has 0 bridgehead atoms. The lowest BCUT2D eigenvalue weighted by Crippen LogP contribution is -2.30. The molecule has 2 amide bonds. The molecule has 1 aliphatic rings. The van der Waals surface area contributed by atoms with E-state index in [1.807, 2.05) is 64.9 Å². The summed E-state index contributed by atoms with van der Waals surface area (Å²) in [5, 5.41) is 12.3. The highest BCUT2D eigenvalue weighted by Crippen LogP contribution is 2.29. The summed E-state index contributed by atoms with van der Waals surface area (Å²) in [5.74, 6) is 0.0872. The first kappa shape index (κ1) is 28.1. The molecule has 0 spiro atoms. The van der Waals surface area contributed by atoms with Crippen molar-refractivity contribution in [1.82, 2.24) is 20.1 Å². The van der Waals surface area contributed by atoms with Gasteiger partial charge in [-0.1, -0.05) is 90.6 Å². The van der Waals surface area contributed by atoms with Crippen molar-refractivity contribution in [3.05, 3.63) is 137 Å². The molecule has 1 aliphatic heterocycles. The molecular formula is C34H29N5O3S. The Labute approximate surface area is 253 Å². The van der Waals surface area contributed by atoms with Crippen molar-refractivity contribution in [2.24, 2.45) is 0 Å². The van der Waals surface area contributed by atoms with E-state index in [4.69, 9.17) is 0 Å². The van der Waals surface area contributed by atoms with Crippen LogP contribution in [0.1, 0.15) is 43.2 Å². The Morgan fingerprint density at radius 2 is 1.58 bits per heavy atom. The van der Waals surface area contributed by atoms with Gasteiger partial charge in [0.25, 0.3) is 5.91 Å². The number of nitrogens with zero attached hydrogens (tertiary/aromatic N) is 4. The molecule has 0 atom stereocenters. The Morgan fingerprint density at radius 3 is 2.40 bits per heavy atom. The van der Waals surface area contributed by atoms with Crippen LogP contribution in [0.3, 0.4) is 0 Å². The number of benzene rings is 4. The lowest BCUT2D eigenvalue weighted by atomic mass is 9.98. The third kappa shape index (κ3) is 5.98. The van der Waals surface area contributed by atoms with E-state index in [1.165, 1.54) is 17.3 Å². The summed E-state index contributed by atoms with van der Waals surface area (Å²) in [4.78, 5) is 41.6. The topological polar surface area (TPSA) is 97.2 Å². The van der Waals surface area contributed by atoms with Crippen LogP contribution in [0.25, 0.3) is 5.69 Å². The maximum Gasteiger partial charge on any atom is 0.252 e. The van der Waals surface area contributed by atoms with Gasteiger partial charge >= 0.3 is 0 Å². The fourth-order valence-corrected chi connectivity index (χ4v) is 6.06. The number of hydrogen-bond acceptors (Lipinski definition) is 6. The van der Waals surface area contributed by atoms with Gasteiger partial charge in [0.1, 0.15) is 0 Å². The summed E-state index contributed by atoms with van der Waals surface area (Å²) in [6.45, 7) is 2.73. The Hall–Kier alpha value is -5.02. The highest BCUT2D eigenvalue weighted by atomic mass is 32.2. The van der Waals surface area contributed by atoms with Gasteiger partial charge < -0.3 is 10.2 Å². The highest BCUT2D eigenvalue weighted by Gasteiger charge is 2.25. The Bertz CT molecular complexity index is 1820. The molecule has 0 aliphatic carbocycles. The third-order valence-corrected chi connectivity index (χ3v) is 8.25. The van der Waals surface area contributed by atoms with E-state index in [-0.39, 0.29) is 29.6 Å². The fraction of sp³-hybridized carbons (Fsp3) is 0.147. The number of para-hydroxylation sites is 1. The smallest absolute Gasteiger partial charge is 0.252 e. The van der Waals surface area contributed by atoms with E-state index in [0.717, 1.165) is 23.4 Å². The number of hydrogen-bond donors (Lipinski definition) is 1. The summed E-state index contributed by atoms with van der Waals surface area (Å²) in [6, 6.07) is 31.5. The van der Waals surface area contributed by atoms with Crippen LogP contribution in [-0.2, 0) is 17.8 Å². The minimum atomic E-state index is -0.393. The molecule has 5 aromatic rings. The van der Waals surface area contributed by atoms with Gasteiger partial charge in [0.2, 0.25) is 5.91 Å². The average Bonchev–Trinajstić information content (AvgIpc) is 3.67. The van der Waals surface area contributed by atoms with E-state index < -0.39 is 5.91 Å². The van der Waals surface area contributed by atoms with Crippen LogP contribution in [-0.4, -0.2) is 44.7 Å². The van der Waals surface area contributed by atoms with Crippen LogP contribution in [0.4, 0.5) is 5.69 Å². The van der Waals surface area contributed by atoms with Crippen molar-refractivity contribution in [3.63, 3.8) is 0 Å². The number of carbonyl (C=O) groups excluding carboxylic acids is 3. The number of ketones is 1. The number of aryl methyl sites for hydroxylation is 1. The minimum Gasteiger partial charge on any atom is -0.345 e. The van der Waals surface area contributed by atoms with Crippen LogP contribution in [0, 0.1) is 6.92 Å². The molecule has 9 heteroatoms. The highest BCUT2D eigenvalue weighted by molar-refractivity contribution is 7.99. The maximum absolute atomic E-state index is 13.4. The second-order valence-electron chi connectivity index (χ2n) is 10.2. The number of rotatable bonds is 9. The summed E-state index contributed by atoms with van der Waals surface area (Å²) in [6.07, 6.45) is 0.843. The molecule has 4 aromatic carbocycles. The molecule has 0 radical (unpaired) electrons. The van der Waals surface area contributed by atoms with Crippen molar-refractivity contribution in [2.75, 3.05) is 17.2 Å². The fourth-order valence-electron chi connectivity index (χ4n) is 5.21. The molecule has 43 heavy (non-hydrogen) atoms. The van der Waals surface area contributed by atoms with E-state index >= 15 is 0 Å². The van der Waals surface area contributed by atoms with Gasteiger partial charge in [-0.05, 0) is 48.7 Å². The molecule has 1 N–H and O–H groups in total. The number of carbonyl (C=O) groups is 3. The summed E-state index contributed by atoms with van der Waals surface area (Å²) < 4.78 is 1.87. The van der Waals surface area contributed by atoms with Gasteiger partial charge in [-0.15, -0.1) is 10.2 Å². The van der Waals surface area contributed by atoms with E-state index in [9.17, 15) is 14.4 Å². The number of anilines is 1. The molecule has 0 unspecified atom stereocenters. The molecule has 1 aromatic heterocycles. The SMILES string of the molecule is Cc1cccc(-n2c(CNC(=O)c3ccccc3C(=O)c3ccccc3)nnc2SCC(=O)N2CCc3ccccc32)c1. The Morgan fingerprint density at radius 1 is 0.837 bits per heavy atom. The summed E-state index contributed by atoms with van der Waals surface area (Å²) in [5.41, 5.74) is 5.13. The molecule has 2 heterocycles. The number of nitrogens with one attached hydrogen (secondary N) is 1. The average molecular weight is 588 g/mol. The van der Waals surface area contributed by atoms with Crippen LogP contribution in [0.5, 0.6) is 0 Å². The van der Waals surface area contributed by atoms with Gasteiger partial charge in [0.05, 0.1) is 17.9 Å². The Balaban J connectivity index is 1.22. The summed E-state index contributed by atoms with van der Waals surface area (Å²) >= 11 is 1.31. The van der Waals surface area contributed by atoms with Crippen molar-refractivity contribution in [3.8, 4) is 5.69 Å². The third-order valence-electron chi connectivity index (χ3n) is 7.33. The van der Waals surface area contributed by atoms with E-state index in [0.29, 0.717) is 28.7 Å². The zero-order valence-corrected chi connectivity index (χ0v) is 24.4. The Kier molecular flexibility index (Phi) is 8.15. The van der Waals surface area contributed by atoms with Gasteiger partial charge in [0, 0.05) is 29.0 Å². The van der Waals surface area contributed by atoms with Crippen LogP contribution >= 0.6 is 11.8 Å². The maximum atomic E-state index is 13.4. The van der Waals surface area contributed by atoms with E-state index in [2.05, 4.69) is 21.6 Å². The first-order valence-corrected chi connectivity index (χ1v) is 15.0.